The molecule has 3 aromatic rings. The molecule has 0 amide bonds. The first-order chi connectivity index (χ1) is 10.2. The van der Waals surface area contributed by atoms with Gasteiger partial charge in [0.05, 0.1) is 16.9 Å². The number of hydrogen-bond acceptors (Lipinski definition) is 1. The van der Waals surface area contributed by atoms with Crippen molar-refractivity contribution in [1.82, 2.24) is 9.55 Å². The Morgan fingerprint density at radius 1 is 1.14 bits per heavy atom. The number of imidazole rings is 1. The highest BCUT2D eigenvalue weighted by molar-refractivity contribution is 6.31. The largest absolute Gasteiger partial charge is 0.327 e. The summed E-state index contributed by atoms with van der Waals surface area (Å²) in [5.41, 5.74) is 4.65. The van der Waals surface area contributed by atoms with E-state index in [4.69, 9.17) is 23.2 Å². The standard InChI is InChI=1S/C17H16Cl2N2/c1-12-4-2-3-5-13(12)8-9-21-16-10-14(19)6-7-15(16)20-17(21)11-18/h2-7,10H,8-9,11H2,1H3. The van der Waals surface area contributed by atoms with Gasteiger partial charge in [-0.2, -0.15) is 0 Å². The van der Waals surface area contributed by atoms with Crippen molar-refractivity contribution in [2.75, 3.05) is 0 Å². The van der Waals surface area contributed by atoms with E-state index in [9.17, 15) is 0 Å². The molecule has 1 aromatic heterocycles. The van der Waals surface area contributed by atoms with Crippen molar-refractivity contribution >= 4 is 34.2 Å². The third-order valence-corrected chi connectivity index (χ3v) is 4.25. The Labute approximate surface area is 134 Å². The molecule has 0 saturated carbocycles. The highest BCUT2D eigenvalue weighted by atomic mass is 35.5. The van der Waals surface area contributed by atoms with Crippen LogP contribution in [0, 0.1) is 6.92 Å². The lowest BCUT2D eigenvalue weighted by Crippen LogP contribution is -2.06. The topological polar surface area (TPSA) is 17.8 Å². The zero-order chi connectivity index (χ0) is 14.8. The zero-order valence-electron chi connectivity index (χ0n) is 11.8. The molecule has 0 aliphatic carbocycles. The van der Waals surface area contributed by atoms with E-state index in [0.717, 1.165) is 34.8 Å². The predicted molar refractivity (Wildman–Crippen MR) is 89.2 cm³/mol. The molecule has 0 unspecified atom stereocenters. The van der Waals surface area contributed by atoms with Crippen LogP contribution in [-0.4, -0.2) is 9.55 Å². The maximum absolute atomic E-state index is 6.11. The Balaban J connectivity index is 1.96. The fraction of sp³-hybridized carbons (Fsp3) is 0.235. The number of halogens is 2. The maximum atomic E-state index is 6.11. The van der Waals surface area contributed by atoms with Crippen molar-refractivity contribution in [2.45, 2.75) is 25.8 Å². The monoisotopic (exact) mass is 318 g/mol. The van der Waals surface area contributed by atoms with Crippen LogP contribution in [0.2, 0.25) is 5.02 Å². The van der Waals surface area contributed by atoms with Crippen molar-refractivity contribution < 1.29 is 0 Å². The number of alkyl halides is 1. The van der Waals surface area contributed by atoms with Crippen molar-refractivity contribution in [2.24, 2.45) is 0 Å². The molecule has 0 aliphatic heterocycles. The number of hydrogen-bond donors (Lipinski definition) is 0. The summed E-state index contributed by atoms with van der Waals surface area (Å²) >= 11 is 12.2. The summed E-state index contributed by atoms with van der Waals surface area (Å²) in [6.45, 7) is 2.99. The molecule has 1 heterocycles. The minimum atomic E-state index is 0.403. The van der Waals surface area contributed by atoms with Gasteiger partial charge in [0, 0.05) is 11.6 Å². The number of benzene rings is 2. The number of fused-ring (bicyclic) bond motifs is 1. The molecule has 0 aliphatic rings. The molecule has 2 aromatic carbocycles. The van der Waals surface area contributed by atoms with E-state index in [-0.39, 0.29) is 0 Å². The van der Waals surface area contributed by atoms with Gasteiger partial charge in [0.15, 0.2) is 0 Å². The van der Waals surface area contributed by atoms with Crippen LogP contribution in [-0.2, 0) is 18.8 Å². The van der Waals surface area contributed by atoms with Gasteiger partial charge in [0.2, 0.25) is 0 Å². The van der Waals surface area contributed by atoms with Crippen molar-refractivity contribution in [3.05, 3.63) is 64.4 Å². The van der Waals surface area contributed by atoms with E-state index >= 15 is 0 Å². The molecular weight excluding hydrogens is 303 g/mol. The highest BCUT2D eigenvalue weighted by Gasteiger charge is 2.10. The Morgan fingerprint density at radius 2 is 1.95 bits per heavy atom. The highest BCUT2D eigenvalue weighted by Crippen LogP contribution is 2.22. The average Bonchev–Trinajstić information content (AvgIpc) is 2.83. The smallest absolute Gasteiger partial charge is 0.124 e. The second kappa shape index (κ2) is 6.08. The van der Waals surface area contributed by atoms with Crippen LogP contribution in [0.1, 0.15) is 17.0 Å². The normalized spacial score (nSPS) is 11.2. The molecule has 0 N–H and O–H groups in total. The van der Waals surface area contributed by atoms with Crippen LogP contribution in [0.3, 0.4) is 0 Å². The first-order valence-corrected chi connectivity index (χ1v) is 7.85. The second-order valence-electron chi connectivity index (χ2n) is 5.12. The van der Waals surface area contributed by atoms with Gasteiger partial charge in [0.25, 0.3) is 0 Å². The van der Waals surface area contributed by atoms with E-state index in [2.05, 4.69) is 40.7 Å². The molecule has 0 saturated heterocycles. The summed E-state index contributed by atoms with van der Waals surface area (Å²) in [4.78, 5) is 4.58. The Morgan fingerprint density at radius 3 is 2.71 bits per heavy atom. The summed E-state index contributed by atoms with van der Waals surface area (Å²) in [7, 11) is 0. The first kappa shape index (κ1) is 14.4. The molecule has 108 valence electrons. The predicted octanol–water partition coefficient (Wildman–Crippen LogP) is 4.98. The average molecular weight is 319 g/mol. The van der Waals surface area contributed by atoms with E-state index in [1.165, 1.54) is 11.1 Å². The second-order valence-corrected chi connectivity index (χ2v) is 5.83. The fourth-order valence-electron chi connectivity index (χ4n) is 2.62. The van der Waals surface area contributed by atoms with Gasteiger partial charge in [-0.25, -0.2) is 4.98 Å². The SMILES string of the molecule is Cc1ccccc1CCn1c(CCl)nc2ccc(Cl)cc21. The minimum absolute atomic E-state index is 0.403. The van der Waals surface area contributed by atoms with Crippen LogP contribution in [0.25, 0.3) is 11.0 Å². The molecule has 0 radical (unpaired) electrons. The third kappa shape index (κ3) is 2.92. The van der Waals surface area contributed by atoms with Gasteiger partial charge in [-0.3, -0.25) is 0 Å². The van der Waals surface area contributed by atoms with E-state index < -0.39 is 0 Å². The van der Waals surface area contributed by atoms with Gasteiger partial charge in [0.1, 0.15) is 5.82 Å². The summed E-state index contributed by atoms with van der Waals surface area (Å²) in [6, 6.07) is 14.2. The van der Waals surface area contributed by atoms with E-state index in [0.29, 0.717) is 5.88 Å². The Bertz CT molecular complexity index is 778. The molecular formula is C17H16Cl2N2. The fourth-order valence-corrected chi connectivity index (χ4v) is 2.99. The van der Waals surface area contributed by atoms with Gasteiger partial charge >= 0.3 is 0 Å². The number of aromatic nitrogens is 2. The molecule has 2 nitrogen and oxygen atoms in total. The molecule has 0 atom stereocenters. The Hall–Kier alpha value is -1.51. The Kier molecular flexibility index (Phi) is 4.18. The maximum Gasteiger partial charge on any atom is 0.124 e. The summed E-state index contributed by atoms with van der Waals surface area (Å²) < 4.78 is 2.17. The summed E-state index contributed by atoms with van der Waals surface area (Å²) in [5, 5.41) is 0.723. The van der Waals surface area contributed by atoms with Crippen LogP contribution < -0.4 is 0 Å². The zero-order valence-corrected chi connectivity index (χ0v) is 13.3. The molecule has 21 heavy (non-hydrogen) atoms. The molecule has 4 heteroatoms. The molecule has 3 rings (SSSR count). The first-order valence-electron chi connectivity index (χ1n) is 6.94. The van der Waals surface area contributed by atoms with Gasteiger partial charge in [-0.1, -0.05) is 35.9 Å². The van der Waals surface area contributed by atoms with Crippen LogP contribution in [0.4, 0.5) is 0 Å². The lowest BCUT2D eigenvalue weighted by atomic mass is 10.1. The number of rotatable bonds is 4. The van der Waals surface area contributed by atoms with Crippen molar-refractivity contribution in [3.63, 3.8) is 0 Å². The molecule has 0 bridgehead atoms. The lowest BCUT2D eigenvalue weighted by Gasteiger charge is -2.10. The van der Waals surface area contributed by atoms with E-state index in [1.54, 1.807) is 0 Å². The van der Waals surface area contributed by atoms with Crippen LogP contribution in [0.15, 0.2) is 42.5 Å². The third-order valence-electron chi connectivity index (χ3n) is 3.77. The van der Waals surface area contributed by atoms with Gasteiger partial charge in [-0.15, -0.1) is 11.6 Å². The van der Waals surface area contributed by atoms with Gasteiger partial charge in [-0.05, 0) is 42.7 Å². The quantitative estimate of drug-likeness (QED) is 0.620. The summed E-state index contributed by atoms with van der Waals surface area (Å²) in [5.74, 6) is 1.29. The summed E-state index contributed by atoms with van der Waals surface area (Å²) in [6.07, 6.45) is 0.953. The number of nitrogens with zero attached hydrogens (tertiary/aromatic N) is 2. The molecule has 0 spiro atoms. The van der Waals surface area contributed by atoms with Crippen molar-refractivity contribution in [1.29, 1.82) is 0 Å². The van der Waals surface area contributed by atoms with Gasteiger partial charge < -0.3 is 4.57 Å². The van der Waals surface area contributed by atoms with Crippen LogP contribution >= 0.6 is 23.2 Å². The molecule has 0 fully saturated rings. The number of aryl methyl sites for hydroxylation is 3. The van der Waals surface area contributed by atoms with Crippen molar-refractivity contribution in [3.8, 4) is 0 Å². The minimum Gasteiger partial charge on any atom is -0.327 e. The lowest BCUT2D eigenvalue weighted by molar-refractivity contribution is 0.686. The van der Waals surface area contributed by atoms with E-state index in [1.807, 2.05) is 18.2 Å². The van der Waals surface area contributed by atoms with Crippen LogP contribution in [0.5, 0.6) is 0 Å².